The quantitative estimate of drug-likeness (QED) is 0.269. The fraction of sp³-hybridized carbons (Fsp3) is 0.636. The molecule has 168 valence electrons. The highest BCUT2D eigenvalue weighted by Gasteiger charge is 2.20. The predicted molar refractivity (Wildman–Crippen MR) is 136 cm³/mol. The van der Waals surface area contributed by atoms with Gasteiger partial charge in [0, 0.05) is 37.0 Å². The van der Waals surface area contributed by atoms with E-state index in [4.69, 9.17) is 4.52 Å². The van der Waals surface area contributed by atoms with Gasteiger partial charge in [0.25, 0.3) is 0 Å². The van der Waals surface area contributed by atoms with E-state index in [9.17, 15) is 0 Å². The van der Waals surface area contributed by atoms with Crippen LogP contribution in [0.2, 0.25) is 0 Å². The molecule has 0 aliphatic carbocycles. The molecule has 6 nitrogen and oxygen atoms in total. The summed E-state index contributed by atoms with van der Waals surface area (Å²) in [6.45, 7) is 9.39. The highest BCUT2D eigenvalue weighted by atomic mass is 127. The second-order valence-corrected chi connectivity index (χ2v) is 8.87. The van der Waals surface area contributed by atoms with E-state index in [0.717, 1.165) is 43.3 Å². The molecule has 0 unspecified atom stereocenters. The Morgan fingerprint density at radius 3 is 2.70 bits per heavy atom. The Morgan fingerprint density at radius 1 is 1.30 bits per heavy atom. The van der Waals surface area contributed by atoms with Crippen LogP contribution in [0.5, 0.6) is 0 Å². The minimum absolute atomic E-state index is 0. The normalized spacial score (nSPS) is 15.9. The number of guanidine groups is 1. The summed E-state index contributed by atoms with van der Waals surface area (Å²) < 4.78 is 5.49. The maximum Gasteiger partial charge on any atom is 0.191 e. The van der Waals surface area contributed by atoms with Gasteiger partial charge in [-0.05, 0) is 56.1 Å². The van der Waals surface area contributed by atoms with Crippen LogP contribution in [0.3, 0.4) is 0 Å². The Bertz CT molecular complexity index is 737. The molecule has 0 spiro atoms. The van der Waals surface area contributed by atoms with Crippen molar-refractivity contribution < 1.29 is 4.52 Å². The zero-order valence-corrected chi connectivity index (χ0v) is 21.5. The van der Waals surface area contributed by atoms with Crippen molar-refractivity contribution in [1.29, 1.82) is 0 Å². The lowest BCUT2D eigenvalue weighted by molar-refractivity contribution is 0.179. The molecule has 2 aromatic rings. The van der Waals surface area contributed by atoms with Crippen molar-refractivity contribution in [3.63, 3.8) is 0 Å². The predicted octanol–water partition coefficient (Wildman–Crippen LogP) is 4.83. The molecule has 3 heterocycles. The number of piperidine rings is 1. The Balaban J connectivity index is 0.00000320. The first-order valence-corrected chi connectivity index (χ1v) is 11.7. The number of nitrogens with zero attached hydrogens (tertiary/aromatic N) is 3. The van der Waals surface area contributed by atoms with Gasteiger partial charge < -0.3 is 15.2 Å². The lowest BCUT2D eigenvalue weighted by Gasteiger charge is -2.32. The molecule has 3 rings (SSSR count). The van der Waals surface area contributed by atoms with E-state index in [1.165, 1.54) is 30.8 Å². The molecule has 8 heteroatoms. The summed E-state index contributed by atoms with van der Waals surface area (Å²) in [5, 5.41) is 13.2. The van der Waals surface area contributed by atoms with Crippen molar-refractivity contribution in [3.8, 4) is 0 Å². The van der Waals surface area contributed by atoms with Crippen LogP contribution < -0.4 is 10.6 Å². The van der Waals surface area contributed by atoms with Crippen LogP contribution in [0.4, 0.5) is 0 Å². The fourth-order valence-electron chi connectivity index (χ4n) is 3.92. The molecular weight excluding hydrogens is 509 g/mol. The third-order valence-electron chi connectivity index (χ3n) is 5.86. The molecule has 30 heavy (non-hydrogen) atoms. The van der Waals surface area contributed by atoms with Crippen molar-refractivity contribution in [3.05, 3.63) is 39.9 Å². The molecule has 1 aliphatic rings. The van der Waals surface area contributed by atoms with Crippen LogP contribution in [0.1, 0.15) is 61.8 Å². The maximum atomic E-state index is 5.49. The third-order valence-corrected chi connectivity index (χ3v) is 6.72. The third kappa shape index (κ3) is 7.53. The summed E-state index contributed by atoms with van der Waals surface area (Å²) in [6, 6.07) is 6.44. The fourth-order valence-corrected chi connectivity index (χ4v) is 4.66. The van der Waals surface area contributed by atoms with Crippen molar-refractivity contribution in [2.24, 2.45) is 10.9 Å². The van der Waals surface area contributed by atoms with Gasteiger partial charge in [0.15, 0.2) is 11.7 Å². The van der Waals surface area contributed by atoms with Crippen LogP contribution in [0.15, 0.2) is 33.1 Å². The number of likely N-dealkylation sites (tertiary alicyclic amines) is 1. The molecule has 0 radical (unpaired) electrons. The van der Waals surface area contributed by atoms with Crippen molar-refractivity contribution in [2.75, 3.05) is 26.7 Å². The first-order valence-electron chi connectivity index (χ1n) is 10.9. The molecule has 0 atom stereocenters. The van der Waals surface area contributed by atoms with Gasteiger partial charge in [0.05, 0.1) is 12.2 Å². The highest BCUT2D eigenvalue weighted by Crippen LogP contribution is 2.22. The van der Waals surface area contributed by atoms with Crippen molar-refractivity contribution in [1.82, 2.24) is 20.7 Å². The van der Waals surface area contributed by atoms with Gasteiger partial charge in [-0.2, -0.15) is 0 Å². The zero-order chi connectivity index (χ0) is 20.5. The van der Waals surface area contributed by atoms with E-state index in [-0.39, 0.29) is 24.0 Å². The van der Waals surface area contributed by atoms with Gasteiger partial charge >= 0.3 is 0 Å². The van der Waals surface area contributed by atoms with E-state index >= 15 is 0 Å². The van der Waals surface area contributed by atoms with Crippen LogP contribution >= 0.6 is 35.3 Å². The number of nitrogens with one attached hydrogen (secondary N) is 2. The molecule has 2 aromatic heterocycles. The maximum absolute atomic E-state index is 5.49. The minimum Gasteiger partial charge on any atom is -0.359 e. The van der Waals surface area contributed by atoms with Gasteiger partial charge in [-0.1, -0.05) is 25.1 Å². The molecule has 1 fully saturated rings. The average molecular weight is 546 g/mol. The second kappa shape index (κ2) is 13.3. The van der Waals surface area contributed by atoms with Crippen LogP contribution in [-0.4, -0.2) is 42.7 Å². The van der Waals surface area contributed by atoms with E-state index in [0.29, 0.717) is 18.4 Å². The Hall–Kier alpha value is -1.13. The second-order valence-electron chi connectivity index (χ2n) is 7.84. The zero-order valence-electron chi connectivity index (χ0n) is 18.4. The van der Waals surface area contributed by atoms with Crippen LogP contribution in [0, 0.1) is 5.92 Å². The Morgan fingerprint density at radius 2 is 2.07 bits per heavy atom. The molecule has 0 saturated carbocycles. The number of aromatic nitrogens is 1. The topological polar surface area (TPSA) is 65.7 Å². The Labute approximate surface area is 201 Å². The lowest BCUT2D eigenvalue weighted by atomic mass is 9.97. The lowest BCUT2D eigenvalue weighted by Crippen LogP contribution is -2.42. The number of thiophene rings is 1. The molecule has 0 amide bonds. The SMILES string of the molecule is CCC(CC)c1cc(CNC(=NC)NCC2CCN(Cc3cccs3)CC2)on1.I. The standard InChI is InChI=1S/C22H35N5OS.HI/c1-4-18(5-2)21-13-19(28-26-21)15-25-22(23-3)24-14-17-8-10-27(11-9-17)16-20-7-6-12-29-20;/h6-7,12-13,17-18H,4-5,8-11,14-16H2,1-3H3,(H2,23,24,25);1H. The van der Waals surface area contributed by atoms with Gasteiger partial charge in [-0.3, -0.25) is 9.89 Å². The summed E-state index contributed by atoms with van der Waals surface area (Å²) >= 11 is 1.85. The van der Waals surface area contributed by atoms with E-state index < -0.39 is 0 Å². The molecule has 2 N–H and O–H groups in total. The first-order chi connectivity index (χ1) is 14.2. The summed E-state index contributed by atoms with van der Waals surface area (Å²) in [7, 11) is 1.81. The molecule has 0 aromatic carbocycles. The van der Waals surface area contributed by atoms with Gasteiger partial charge in [-0.25, -0.2) is 0 Å². The molecule has 1 saturated heterocycles. The van der Waals surface area contributed by atoms with Crippen molar-refractivity contribution in [2.45, 2.75) is 58.5 Å². The van der Waals surface area contributed by atoms with Crippen molar-refractivity contribution >= 4 is 41.3 Å². The number of aliphatic imine (C=N–C) groups is 1. The van der Waals surface area contributed by atoms with E-state index in [1.807, 2.05) is 18.4 Å². The number of hydrogen-bond acceptors (Lipinski definition) is 5. The smallest absolute Gasteiger partial charge is 0.191 e. The molecular formula is C22H36IN5OS. The largest absolute Gasteiger partial charge is 0.359 e. The average Bonchev–Trinajstić information content (AvgIpc) is 3.43. The Kier molecular flexibility index (Phi) is 11.2. The van der Waals surface area contributed by atoms with Crippen LogP contribution in [0.25, 0.3) is 0 Å². The summed E-state index contributed by atoms with van der Waals surface area (Å²) in [5.74, 6) is 2.86. The van der Waals surface area contributed by atoms with Gasteiger partial charge in [0.2, 0.25) is 0 Å². The van der Waals surface area contributed by atoms with Gasteiger partial charge in [0.1, 0.15) is 0 Å². The number of halogens is 1. The molecule has 0 bridgehead atoms. The van der Waals surface area contributed by atoms with E-state index in [2.05, 4.69) is 63.1 Å². The number of hydrogen-bond donors (Lipinski definition) is 2. The highest BCUT2D eigenvalue weighted by molar-refractivity contribution is 14.0. The van der Waals surface area contributed by atoms with Gasteiger partial charge in [-0.15, -0.1) is 35.3 Å². The first kappa shape index (κ1) is 25.1. The minimum atomic E-state index is 0. The number of rotatable bonds is 9. The summed E-state index contributed by atoms with van der Waals surface area (Å²) in [5.41, 5.74) is 1.06. The van der Waals surface area contributed by atoms with Crippen LogP contribution in [-0.2, 0) is 13.1 Å². The molecule has 1 aliphatic heterocycles. The van der Waals surface area contributed by atoms with E-state index in [1.54, 1.807) is 0 Å². The monoisotopic (exact) mass is 545 g/mol. The summed E-state index contributed by atoms with van der Waals surface area (Å²) in [6.07, 6.45) is 4.64. The summed E-state index contributed by atoms with van der Waals surface area (Å²) in [4.78, 5) is 8.38.